The second-order valence-electron chi connectivity index (χ2n) is 5.69. The molecule has 2 nitrogen and oxygen atoms in total. The lowest BCUT2D eigenvalue weighted by Crippen LogP contribution is -2.38. The number of carbonyl (C=O) groups excluding carboxylic acids is 1. The van der Waals surface area contributed by atoms with Crippen LogP contribution < -0.4 is 5.32 Å². The normalized spacial score (nSPS) is 19.6. The van der Waals surface area contributed by atoms with Crippen molar-refractivity contribution in [3.8, 4) is 0 Å². The van der Waals surface area contributed by atoms with E-state index in [9.17, 15) is 4.79 Å². The molecule has 0 aliphatic heterocycles. The van der Waals surface area contributed by atoms with Gasteiger partial charge in [-0.15, -0.1) is 11.3 Å². The Morgan fingerprint density at radius 3 is 2.63 bits per heavy atom. The maximum atomic E-state index is 12.3. The molecule has 4 heteroatoms. The van der Waals surface area contributed by atoms with Gasteiger partial charge in [-0.2, -0.15) is 0 Å². The third-order valence-electron chi connectivity index (χ3n) is 3.85. The topological polar surface area (TPSA) is 29.1 Å². The lowest BCUT2D eigenvalue weighted by Gasteiger charge is -2.26. The molecule has 1 aliphatic rings. The molecule has 106 valence electrons. The highest BCUT2D eigenvalue weighted by molar-refractivity contribution is 9.10. The number of alkyl halides is 1. The molecule has 19 heavy (non-hydrogen) atoms. The SMILES string of the molecule is CC(C)C(Br)C(=O)NC(c1cccs1)C1CCCC1. The fourth-order valence-corrected chi connectivity index (χ4v) is 3.72. The molecule has 0 saturated heterocycles. The van der Waals surface area contributed by atoms with Gasteiger partial charge in [-0.25, -0.2) is 0 Å². The standard InChI is InChI=1S/C15H22BrNOS/c1-10(2)13(16)15(18)17-14(11-6-3-4-7-11)12-8-5-9-19-12/h5,8-11,13-14H,3-4,6-7H2,1-2H3,(H,17,18). The quantitative estimate of drug-likeness (QED) is 0.782. The largest absolute Gasteiger partial charge is 0.347 e. The van der Waals surface area contributed by atoms with Gasteiger partial charge in [0.25, 0.3) is 0 Å². The fraction of sp³-hybridized carbons (Fsp3) is 0.667. The van der Waals surface area contributed by atoms with Gasteiger partial charge < -0.3 is 5.32 Å². The minimum atomic E-state index is -0.101. The van der Waals surface area contributed by atoms with E-state index >= 15 is 0 Å². The first-order valence-electron chi connectivity index (χ1n) is 7.07. The zero-order valence-corrected chi connectivity index (χ0v) is 14.0. The van der Waals surface area contributed by atoms with Crippen molar-refractivity contribution in [2.45, 2.75) is 50.4 Å². The Balaban J connectivity index is 2.08. The molecule has 1 heterocycles. The zero-order chi connectivity index (χ0) is 13.8. The first-order valence-corrected chi connectivity index (χ1v) is 8.87. The van der Waals surface area contributed by atoms with E-state index in [1.54, 1.807) is 11.3 Å². The molecule has 1 fully saturated rings. The van der Waals surface area contributed by atoms with Crippen molar-refractivity contribution in [2.75, 3.05) is 0 Å². The van der Waals surface area contributed by atoms with Crippen LogP contribution in [0.2, 0.25) is 0 Å². The van der Waals surface area contributed by atoms with Gasteiger partial charge in [-0.3, -0.25) is 4.79 Å². The van der Waals surface area contributed by atoms with Gasteiger partial charge in [-0.05, 0) is 36.1 Å². The average Bonchev–Trinajstić information content (AvgIpc) is 3.07. The average molecular weight is 344 g/mol. The Morgan fingerprint density at radius 2 is 2.11 bits per heavy atom. The minimum Gasteiger partial charge on any atom is -0.347 e. The van der Waals surface area contributed by atoms with Crippen LogP contribution in [0.1, 0.15) is 50.4 Å². The molecule has 1 saturated carbocycles. The Hall–Kier alpha value is -0.350. The highest BCUT2D eigenvalue weighted by Gasteiger charge is 2.30. The Labute approximate surface area is 128 Å². The summed E-state index contributed by atoms with van der Waals surface area (Å²) in [4.78, 5) is 13.5. The molecule has 1 amide bonds. The van der Waals surface area contributed by atoms with Crippen molar-refractivity contribution in [3.63, 3.8) is 0 Å². The predicted molar refractivity (Wildman–Crippen MR) is 84.7 cm³/mol. The highest BCUT2D eigenvalue weighted by Crippen LogP contribution is 2.37. The van der Waals surface area contributed by atoms with Crippen molar-refractivity contribution in [2.24, 2.45) is 11.8 Å². The van der Waals surface area contributed by atoms with Gasteiger partial charge in [0.15, 0.2) is 0 Å². The first kappa shape index (κ1) is 15.0. The third kappa shape index (κ3) is 3.82. The molecule has 1 aliphatic carbocycles. The van der Waals surface area contributed by atoms with Crippen LogP contribution in [0.25, 0.3) is 0 Å². The van der Waals surface area contributed by atoms with Crippen LogP contribution in [-0.4, -0.2) is 10.7 Å². The van der Waals surface area contributed by atoms with Crippen LogP contribution in [0.15, 0.2) is 17.5 Å². The van der Waals surface area contributed by atoms with Gasteiger partial charge >= 0.3 is 0 Å². The summed E-state index contributed by atoms with van der Waals surface area (Å²) in [6.07, 6.45) is 5.06. The fourth-order valence-electron chi connectivity index (χ4n) is 2.72. The summed E-state index contributed by atoms with van der Waals surface area (Å²) in [5, 5.41) is 5.36. The van der Waals surface area contributed by atoms with Crippen LogP contribution in [0.5, 0.6) is 0 Å². The summed E-state index contributed by atoms with van der Waals surface area (Å²) in [6.45, 7) is 4.13. The molecule has 0 radical (unpaired) electrons. The van der Waals surface area contributed by atoms with Gasteiger partial charge in [0.2, 0.25) is 5.91 Å². The second kappa shape index (κ2) is 6.89. The predicted octanol–water partition coefficient (Wildman–Crippen LogP) is 4.52. The summed E-state index contributed by atoms with van der Waals surface area (Å²) in [5.74, 6) is 1.04. The molecule has 1 N–H and O–H groups in total. The van der Waals surface area contributed by atoms with E-state index in [1.165, 1.54) is 30.6 Å². The number of carbonyl (C=O) groups is 1. The number of hydrogen-bond acceptors (Lipinski definition) is 2. The van der Waals surface area contributed by atoms with Crippen LogP contribution in [0.3, 0.4) is 0 Å². The van der Waals surface area contributed by atoms with Crippen molar-refractivity contribution in [1.29, 1.82) is 0 Å². The van der Waals surface area contributed by atoms with Crippen molar-refractivity contribution in [3.05, 3.63) is 22.4 Å². The van der Waals surface area contributed by atoms with Crippen molar-refractivity contribution < 1.29 is 4.79 Å². The van der Waals surface area contributed by atoms with E-state index in [2.05, 4.69) is 52.6 Å². The highest BCUT2D eigenvalue weighted by atomic mass is 79.9. The number of rotatable bonds is 5. The number of amides is 1. The van der Waals surface area contributed by atoms with E-state index in [-0.39, 0.29) is 16.8 Å². The number of thiophene rings is 1. The van der Waals surface area contributed by atoms with Crippen LogP contribution in [0.4, 0.5) is 0 Å². The van der Waals surface area contributed by atoms with Crippen molar-refractivity contribution >= 4 is 33.2 Å². The smallest absolute Gasteiger partial charge is 0.234 e. The summed E-state index contributed by atoms with van der Waals surface area (Å²) < 4.78 is 0. The maximum absolute atomic E-state index is 12.3. The molecule has 2 atom stereocenters. The van der Waals surface area contributed by atoms with E-state index in [1.807, 2.05) is 0 Å². The molecule has 1 aromatic heterocycles. The number of hydrogen-bond donors (Lipinski definition) is 1. The summed E-state index contributed by atoms with van der Waals surface area (Å²) in [5.41, 5.74) is 0. The lowest BCUT2D eigenvalue weighted by atomic mass is 9.96. The lowest BCUT2D eigenvalue weighted by molar-refractivity contribution is -0.122. The van der Waals surface area contributed by atoms with E-state index in [0.717, 1.165) is 0 Å². The van der Waals surface area contributed by atoms with Gasteiger partial charge in [0, 0.05) is 4.88 Å². The van der Waals surface area contributed by atoms with Gasteiger partial charge in [-0.1, -0.05) is 48.7 Å². The Bertz CT molecular complexity index is 398. The molecule has 1 aromatic rings. The summed E-state index contributed by atoms with van der Waals surface area (Å²) >= 11 is 5.25. The van der Waals surface area contributed by atoms with E-state index in [4.69, 9.17) is 0 Å². The zero-order valence-electron chi connectivity index (χ0n) is 11.6. The third-order valence-corrected chi connectivity index (χ3v) is 6.28. The maximum Gasteiger partial charge on any atom is 0.234 e. The Morgan fingerprint density at radius 1 is 1.42 bits per heavy atom. The van der Waals surface area contributed by atoms with Crippen LogP contribution >= 0.6 is 27.3 Å². The molecule has 0 bridgehead atoms. The molecule has 2 rings (SSSR count). The summed E-state index contributed by atoms with van der Waals surface area (Å²) in [7, 11) is 0. The van der Waals surface area contributed by atoms with Crippen LogP contribution in [-0.2, 0) is 4.79 Å². The Kier molecular flexibility index (Phi) is 5.46. The first-order chi connectivity index (χ1) is 9.09. The summed E-state index contributed by atoms with van der Waals surface area (Å²) in [6, 6.07) is 4.42. The monoisotopic (exact) mass is 343 g/mol. The number of halogens is 1. The molecular weight excluding hydrogens is 322 g/mol. The van der Waals surface area contributed by atoms with Gasteiger partial charge in [0.1, 0.15) is 0 Å². The molecular formula is C15H22BrNOS. The molecule has 0 spiro atoms. The van der Waals surface area contributed by atoms with Crippen molar-refractivity contribution in [1.82, 2.24) is 5.32 Å². The number of nitrogens with one attached hydrogen (secondary N) is 1. The molecule has 2 unspecified atom stereocenters. The van der Waals surface area contributed by atoms with Crippen LogP contribution in [0, 0.1) is 11.8 Å². The van der Waals surface area contributed by atoms with Gasteiger partial charge in [0.05, 0.1) is 10.9 Å². The second-order valence-corrected chi connectivity index (χ2v) is 7.66. The van der Waals surface area contributed by atoms with E-state index in [0.29, 0.717) is 11.8 Å². The molecule has 0 aromatic carbocycles. The van der Waals surface area contributed by atoms with E-state index < -0.39 is 0 Å². The minimum absolute atomic E-state index is 0.101.